The van der Waals surface area contributed by atoms with E-state index in [9.17, 15) is 4.39 Å². The molecule has 2 unspecified atom stereocenters. The molecule has 34 heavy (non-hydrogen) atoms. The van der Waals surface area contributed by atoms with E-state index in [1.807, 2.05) is 55.5 Å². The van der Waals surface area contributed by atoms with Crippen LogP contribution in [0, 0.1) is 11.7 Å². The summed E-state index contributed by atoms with van der Waals surface area (Å²) in [5.41, 5.74) is 12.0. The smallest absolute Gasteiger partial charge is 0.227 e. The van der Waals surface area contributed by atoms with Gasteiger partial charge in [-0.2, -0.15) is 0 Å². The van der Waals surface area contributed by atoms with Gasteiger partial charge in [-0.25, -0.2) is 14.4 Å². The monoisotopic (exact) mass is 453 g/mol. The van der Waals surface area contributed by atoms with Gasteiger partial charge in [0.1, 0.15) is 5.82 Å². The maximum absolute atomic E-state index is 13.9. The van der Waals surface area contributed by atoms with Crippen LogP contribution in [0.25, 0.3) is 11.3 Å². The zero-order chi connectivity index (χ0) is 24.1. The van der Waals surface area contributed by atoms with Gasteiger partial charge in [0.15, 0.2) is 0 Å². The van der Waals surface area contributed by atoms with Crippen molar-refractivity contribution in [3.8, 4) is 0 Å². The number of rotatable bonds is 8. The molecule has 1 aromatic heterocycles. The molecule has 4 N–H and O–H groups in total. The van der Waals surface area contributed by atoms with Gasteiger partial charge in [-0.15, -0.1) is 0 Å². The molecular weight excluding hydrogens is 425 g/mol. The molecule has 1 heterocycles. The first kappa shape index (κ1) is 23.1. The lowest BCUT2D eigenvalue weighted by Crippen LogP contribution is -2.29. The van der Waals surface area contributed by atoms with Crippen molar-refractivity contribution in [3.05, 3.63) is 120 Å². The average Bonchev–Trinajstić information content (AvgIpc) is 2.84. The van der Waals surface area contributed by atoms with Crippen LogP contribution in [-0.4, -0.2) is 16.0 Å². The van der Waals surface area contributed by atoms with Gasteiger partial charge in [0.05, 0.1) is 5.69 Å². The zero-order valence-corrected chi connectivity index (χ0v) is 19.1. The van der Waals surface area contributed by atoms with Crippen LogP contribution in [0.4, 0.5) is 16.0 Å². The van der Waals surface area contributed by atoms with Crippen molar-refractivity contribution in [2.75, 3.05) is 5.32 Å². The first-order valence-corrected chi connectivity index (χ1v) is 11.1. The summed E-state index contributed by atoms with van der Waals surface area (Å²) in [6, 6.07) is 16.2. The van der Waals surface area contributed by atoms with Crippen molar-refractivity contribution < 1.29 is 4.39 Å². The fraction of sp³-hybridized carbons (Fsp3) is 0.143. The van der Waals surface area contributed by atoms with E-state index >= 15 is 0 Å². The number of nitrogens with zero attached hydrogens (tertiary/aromatic N) is 2. The Hall–Kier alpha value is -4.03. The molecular formula is C28H28FN5. The summed E-state index contributed by atoms with van der Waals surface area (Å²) in [4.78, 5) is 9.04. The van der Waals surface area contributed by atoms with Gasteiger partial charge in [-0.05, 0) is 42.3 Å². The van der Waals surface area contributed by atoms with Crippen LogP contribution >= 0.6 is 0 Å². The first-order chi connectivity index (χ1) is 16.4. The first-order valence-electron chi connectivity index (χ1n) is 11.1. The van der Waals surface area contributed by atoms with Crippen LogP contribution in [0.1, 0.15) is 23.7 Å². The van der Waals surface area contributed by atoms with Crippen LogP contribution in [-0.2, 0) is 6.54 Å². The van der Waals surface area contributed by atoms with Gasteiger partial charge < -0.3 is 16.4 Å². The summed E-state index contributed by atoms with van der Waals surface area (Å²) >= 11 is 0. The molecule has 5 nitrogen and oxygen atoms in total. The summed E-state index contributed by atoms with van der Waals surface area (Å²) in [5, 5.41) is 6.45. The lowest BCUT2D eigenvalue weighted by molar-refractivity contribution is 0.605. The number of halogens is 1. The van der Waals surface area contributed by atoms with Crippen LogP contribution in [0.2, 0.25) is 0 Å². The molecule has 3 aromatic rings. The lowest BCUT2D eigenvalue weighted by atomic mass is 9.86. The van der Waals surface area contributed by atoms with Gasteiger partial charge in [0.2, 0.25) is 5.95 Å². The maximum atomic E-state index is 13.9. The largest absolute Gasteiger partial charge is 0.381 e. The van der Waals surface area contributed by atoms with Gasteiger partial charge in [-0.3, -0.25) is 0 Å². The van der Waals surface area contributed by atoms with Gasteiger partial charge >= 0.3 is 0 Å². The highest BCUT2D eigenvalue weighted by atomic mass is 19.1. The molecule has 0 amide bonds. The number of nitrogens with two attached hydrogens (primary N) is 1. The average molecular weight is 454 g/mol. The van der Waals surface area contributed by atoms with E-state index in [2.05, 4.69) is 39.8 Å². The Kier molecular flexibility index (Phi) is 6.99. The quantitative estimate of drug-likeness (QED) is 0.388. The SMILES string of the molecule is C=C(NCc1ccccc1F)c1cccc(Nc2nccc(C3=CC(C(=C)C)C(N)C=C3)n2)c1. The molecule has 0 radical (unpaired) electrons. The molecule has 0 aliphatic heterocycles. The van der Waals surface area contributed by atoms with E-state index in [-0.39, 0.29) is 17.8 Å². The molecule has 0 saturated heterocycles. The van der Waals surface area contributed by atoms with Gasteiger partial charge in [0, 0.05) is 41.6 Å². The Labute approximate surface area is 199 Å². The van der Waals surface area contributed by atoms with E-state index in [1.165, 1.54) is 6.07 Å². The molecule has 1 aliphatic rings. The van der Waals surface area contributed by atoms with Crippen molar-refractivity contribution >= 4 is 22.9 Å². The summed E-state index contributed by atoms with van der Waals surface area (Å²) in [7, 11) is 0. The highest BCUT2D eigenvalue weighted by Gasteiger charge is 2.19. The van der Waals surface area contributed by atoms with Crippen LogP contribution < -0.4 is 16.4 Å². The van der Waals surface area contributed by atoms with Crippen LogP contribution in [0.3, 0.4) is 0 Å². The molecule has 0 saturated carbocycles. The van der Waals surface area contributed by atoms with Gasteiger partial charge in [-0.1, -0.05) is 67.3 Å². The highest BCUT2D eigenvalue weighted by molar-refractivity contribution is 5.74. The summed E-state index contributed by atoms with van der Waals surface area (Å²) in [6.07, 6.45) is 7.79. The molecule has 0 fully saturated rings. The summed E-state index contributed by atoms with van der Waals surface area (Å²) in [6.45, 7) is 10.5. The van der Waals surface area contributed by atoms with Crippen molar-refractivity contribution in [1.29, 1.82) is 0 Å². The minimum absolute atomic E-state index is 0.0749. The fourth-order valence-electron chi connectivity index (χ4n) is 3.78. The van der Waals surface area contributed by atoms with E-state index in [0.717, 1.165) is 28.1 Å². The Morgan fingerprint density at radius 2 is 1.94 bits per heavy atom. The van der Waals surface area contributed by atoms with Crippen LogP contribution in [0.5, 0.6) is 0 Å². The fourth-order valence-corrected chi connectivity index (χ4v) is 3.78. The van der Waals surface area contributed by atoms with Crippen molar-refractivity contribution in [3.63, 3.8) is 0 Å². The second-order valence-electron chi connectivity index (χ2n) is 8.33. The minimum atomic E-state index is -0.241. The standard InChI is InChI=1S/C28H28FN5/c1-18(2)24-16-21(11-12-26(24)30)27-13-14-31-28(34-27)33-23-9-6-8-20(15-23)19(3)32-17-22-7-4-5-10-25(22)29/h4-16,24,26,32H,1,3,17,30H2,2H3,(H,31,33,34). The number of hydrogen-bond donors (Lipinski definition) is 3. The van der Waals surface area contributed by atoms with Gasteiger partial charge in [0.25, 0.3) is 0 Å². The third-order valence-corrected chi connectivity index (χ3v) is 5.71. The molecule has 2 aromatic carbocycles. The lowest BCUT2D eigenvalue weighted by Gasteiger charge is -2.23. The third-order valence-electron chi connectivity index (χ3n) is 5.71. The number of anilines is 2. The topological polar surface area (TPSA) is 75.9 Å². The normalized spacial score (nSPS) is 17.1. The Bertz CT molecular complexity index is 1280. The van der Waals surface area contributed by atoms with Crippen molar-refractivity contribution in [1.82, 2.24) is 15.3 Å². The molecule has 1 aliphatic carbocycles. The number of aromatic nitrogens is 2. The number of nitrogens with one attached hydrogen (secondary N) is 2. The molecule has 0 spiro atoms. The second-order valence-corrected chi connectivity index (χ2v) is 8.33. The second kappa shape index (κ2) is 10.3. The predicted molar refractivity (Wildman–Crippen MR) is 137 cm³/mol. The molecule has 172 valence electrons. The molecule has 0 bridgehead atoms. The van der Waals surface area contributed by atoms with Crippen molar-refractivity contribution in [2.24, 2.45) is 11.7 Å². The van der Waals surface area contributed by atoms with Crippen molar-refractivity contribution in [2.45, 2.75) is 19.5 Å². The molecule has 4 rings (SSSR count). The predicted octanol–water partition coefficient (Wildman–Crippen LogP) is 5.59. The summed E-state index contributed by atoms with van der Waals surface area (Å²) < 4.78 is 13.9. The summed E-state index contributed by atoms with van der Waals surface area (Å²) in [5.74, 6) is 0.316. The third kappa shape index (κ3) is 5.47. The maximum Gasteiger partial charge on any atom is 0.227 e. The van der Waals surface area contributed by atoms with E-state index in [4.69, 9.17) is 5.73 Å². The van der Waals surface area contributed by atoms with E-state index in [1.54, 1.807) is 18.3 Å². The molecule has 2 atom stereocenters. The van der Waals surface area contributed by atoms with Crippen LogP contribution in [0.15, 0.2) is 97.8 Å². The van der Waals surface area contributed by atoms with E-state index < -0.39 is 0 Å². The zero-order valence-electron chi connectivity index (χ0n) is 19.1. The number of benzene rings is 2. The number of allylic oxidation sites excluding steroid dienone is 2. The molecule has 6 heteroatoms. The highest BCUT2D eigenvalue weighted by Crippen LogP contribution is 2.27. The number of hydrogen-bond acceptors (Lipinski definition) is 5. The Balaban J connectivity index is 1.47. The Morgan fingerprint density at radius 1 is 1.12 bits per heavy atom. The van der Waals surface area contributed by atoms with E-state index in [0.29, 0.717) is 23.8 Å². The minimum Gasteiger partial charge on any atom is -0.381 e. The Morgan fingerprint density at radius 3 is 2.74 bits per heavy atom.